The van der Waals surface area contributed by atoms with Crippen LogP contribution >= 0.6 is 15.9 Å². The van der Waals surface area contributed by atoms with Crippen LogP contribution in [0, 0.1) is 0 Å². The Hall–Kier alpha value is -2.92. The summed E-state index contributed by atoms with van der Waals surface area (Å²) in [4.78, 5) is 28.2. The zero-order valence-electron chi connectivity index (χ0n) is 19.3. The van der Waals surface area contributed by atoms with Crippen molar-refractivity contribution in [1.82, 2.24) is 10.2 Å². The van der Waals surface area contributed by atoms with Crippen LogP contribution in [0.3, 0.4) is 0 Å². The quantitative estimate of drug-likeness (QED) is 0.403. The summed E-state index contributed by atoms with van der Waals surface area (Å²) in [5, 5.41) is 2.76. The number of benzene rings is 3. The van der Waals surface area contributed by atoms with Crippen LogP contribution in [0.1, 0.15) is 35.6 Å². The summed E-state index contributed by atoms with van der Waals surface area (Å²) >= 11 is 3.51. The zero-order valence-corrected chi connectivity index (χ0v) is 20.8. The number of halogens is 1. The van der Waals surface area contributed by atoms with E-state index in [1.165, 1.54) is 5.56 Å². The standard InChI is InChI=1S/C28H31BrN2O2/c1-3-21-12-14-22(15-13-21)16-17-27(32)31(20-24-10-7-11-25(29)18-24)26(28(33)30-2)19-23-8-5-4-6-9-23/h4-15,18,26H,3,16-17,19-20H2,1-2H3,(H,30,33)/t26-/m0/s1. The molecule has 3 rings (SSSR count). The monoisotopic (exact) mass is 506 g/mol. The van der Waals surface area contributed by atoms with Crippen molar-refractivity contribution in [2.75, 3.05) is 7.05 Å². The summed E-state index contributed by atoms with van der Waals surface area (Å²) in [6.45, 7) is 2.50. The first-order chi connectivity index (χ1) is 16.0. The maximum atomic E-state index is 13.5. The molecule has 0 bridgehead atoms. The van der Waals surface area contributed by atoms with Gasteiger partial charge in [0.25, 0.3) is 0 Å². The van der Waals surface area contributed by atoms with Gasteiger partial charge in [0, 0.05) is 30.9 Å². The van der Waals surface area contributed by atoms with Crippen molar-refractivity contribution < 1.29 is 9.59 Å². The van der Waals surface area contributed by atoms with Crippen LogP contribution in [-0.2, 0) is 35.4 Å². The molecule has 1 atom stereocenters. The third-order valence-electron chi connectivity index (χ3n) is 5.82. The summed E-state index contributed by atoms with van der Waals surface area (Å²) in [5.41, 5.74) is 4.41. The molecule has 172 valence electrons. The molecule has 0 aliphatic heterocycles. The molecule has 1 N–H and O–H groups in total. The van der Waals surface area contributed by atoms with Crippen LogP contribution < -0.4 is 5.32 Å². The first kappa shape index (κ1) is 24.7. The average molecular weight is 507 g/mol. The Bertz CT molecular complexity index is 1050. The minimum absolute atomic E-state index is 0.0286. The lowest BCUT2D eigenvalue weighted by Crippen LogP contribution is -2.49. The van der Waals surface area contributed by atoms with E-state index in [0.717, 1.165) is 27.6 Å². The van der Waals surface area contributed by atoms with E-state index < -0.39 is 6.04 Å². The predicted octanol–water partition coefficient (Wildman–Crippen LogP) is 5.33. The lowest BCUT2D eigenvalue weighted by molar-refractivity contribution is -0.141. The smallest absolute Gasteiger partial charge is 0.242 e. The third-order valence-corrected chi connectivity index (χ3v) is 6.31. The van der Waals surface area contributed by atoms with Gasteiger partial charge in [-0.05, 0) is 47.2 Å². The highest BCUT2D eigenvalue weighted by atomic mass is 79.9. The summed E-state index contributed by atoms with van der Waals surface area (Å²) in [7, 11) is 1.62. The van der Waals surface area contributed by atoms with E-state index in [1.807, 2.05) is 54.6 Å². The Balaban J connectivity index is 1.85. The van der Waals surface area contributed by atoms with Gasteiger partial charge in [-0.3, -0.25) is 9.59 Å². The topological polar surface area (TPSA) is 49.4 Å². The Labute approximate surface area is 205 Å². The number of hydrogen-bond donors (Lipinski definition) is 1. The third kappa shape index (κ3) is 7.29. The number of nitrogens with zero attached hydrogens (tertiary/aromatic N) is 1. The maximum Gasteiger partial charge on any atom is 0.242 e. The van der Waals surface area contributed by atoms with Crippen molar-refractivity contribution in [3.63, 3.8) is 0 Å². The van der Waals surface area contributed by atoms with Crippen molar-refractivity contribution in [3.05, 3.63) is 106 Å². The molecule has 0 aromatic heterocycles. The second-order valence-corrected chi connectivity index (χ2v) is 9.06. The molecule has 5 heteroatoms. The molecule has 3 aromatic rings. The van der Waals surface area contributed by atoms with Crippen molar-refractivity contribution in [2.24, 2.45) is 0 Å². The summed E-state index contributed by atoms with van der Waals surface area (Å²) < 4.78 is 0.947. The normalized spacial score (nSPS) is 11.6. The molecule has 4 nitrogen and oxygen atoms in total. The first-order valence-electron chi connectivity index (χ1n) is 11.4. The van der Waals surface area contributed by atoms with Crippen molar-refractivity contribution in [1.29, 1.82) is 0 Å². The molecule has 0 aliphatic carbocycles. The predicted molar refractivity (Wildman–Crippen MR) is 137 cm³/mol. The van der Waals surface area contributed by atoms with Gasteiger partial charge in [0.05, 0.1) is 0 Å². The Morgan fingerprint density at radius 2 is 1.55 bits per heavy atom. The Kier molecular flexibility index (Phi) is 9.25. The number of hydrogen-bond acceptors (Lipinski definition) is 2. The van der Waals surface area contributed by atoms with E-state index in [9.17, 15) is 9.59 Å². The molecule has 0 spiro atoms. The first-order valence-corrected chi connectivity index (χ1v) is 12.2. The SMILES string of the molecule is CCc1ccc(CCC(=O)N(Cc2cccc(Br)c2)[C@@H](Cc2ccccc2)C(=O)NC)cc1. The molecular formula is C28H31BrN2O2. The van der Waals surface area contributed by atoms with Crippen molar-refractivity contribution in [3.8, 4) is 0 Å². The number of amides is 2. The molecule has 3 aromatic carbocycles. The molecule has 0 saturated heterocycles. The molecule has 0 fully saturated rings. The van der Waals surface area contributed by atoms with Crippen molar-refractivity contribution in [2.45, 2.75) is 45.2 Å². The van der Waals surface area contributed by atoms with E-state index in [-0.39, 0.29) is 11.8 Å². The van der Waals surface area contributed by atoms with Gasteiger partial charge in [-0.15, -0.1) is 0 Å². The van der Waals surface area contributed by atoms with E-state index in [1.54, 1.807) is 11.9 Å². The van der Waals surface area contributed by atoms with Crippen LogP contribution in [0.5, 0.6) is 0 Å². The van der Waals surface area contributed by atoms with Gasteiger partial charge in [0.1, 0.15) is 6.04 Å². The minimum Gasteiger partial charge on any atom is -0.357 e. The highest BCUT2D eigenvalue weighted by molar-refractivity contribution is 9.10. The summed E-state index contributed by atoms with van der Waals surface area (Å²) in [6, 6.07) is 25.5. The van der Waals surface area contributed by atoms with Crippen LogP contribution in [0.25, 0.3) is 0 Å². The van der Waals surface area contributed by atoms with Gasteiger partial charge in [-0.2, -0.15) is 0 Å². The Morgan fingerprint density at radius 1 is 0.879 bits per heavy atom. The van der Waals surface area contributed by atoms with Crippen LogP contribution in [-0.4, -0.2) is 29.8 Å². The molecule has 0 unspecified atom stereocenters. The van der Waals surface area contributed by atoms with Gasteiger partial charge in [0.15, 0.2) is 0 Å². The second-order valence-electron chi connectivity index (χ2n) is 8.14. The number of carbonyl (C=O) groups is 2. The van der Waals surface area contributed by atoms with Gasteiger partial charge in [-0.1, -0.05) is 89.6 Å². The minimum atomic E-state index is -0.591. The molecule has 0 radical (unpaired) electrons. The lowest BCUT2D eigenvalue weighted by atomic mass is 10.0. The number of nitrogens with one attached hydrogen (secondary N) is 1. The fraction of sp³-hybridized carbons (Fsp3) is 0.286. The largest absolute Gasteiger partial charge is 0.357 e. The van der Waals surface area contributed by atoms with Gasteiger partial charge in [0.2, 0.25) is 11.8 Å². The number of rotatable bonds is 10. The highest BCUT2D eigenvalue weighted by Crippen LogP contribution is 2.19. The average Bonchev–Trinajstić information content (AvgIpc) is 2.85. The summed E-state index contributed by atoms with van der Waals surface area (Å²) in [5.74, 6) is -0.187. The van der Waals surface area contributed by atoms with E-state index in [0.29, 0.717) is 25.8 Å². The Morgan fingerprint density at radius 3 is 2.18 bits per heavy atom. The fourth-order valence-corrected chi connectivity index (χ4v) is 4.34. The lowest BCUT2D eigenvalue weighted by Gasteiger charge is -2.31. The van der Waals surface area contributed by atoms with Gasteiger partial charge in [-0.25, -0.2) is 0 Å². The van der Waals surface area contributed by atoms with Gasteiger partial charge >= 0.3 is 0 Å². The maximum absolute atomic E-state index is 13.5. The van der Waals surface area contributed by atoms with Crippen molar-refractivity contribution >= 4 is 27.7 Å². The van der Waals surface area contributed by atoms with Crippen LogP contribution in [0.4, 0.5) is 0 Å². The fourth-order valence-electron chi connectivity index (χ4n) is 3.89. The number of aryl methyl sites for hydroxylation is 2. The number of likely N-dealkylation sites (N-methyl/N-ethyl adjacent to an activating group) is 1. The molecule has 0 aliphatic rings. The van der Waals surface area contributed by atoms with E-state index >= 15 is 0 Å². The van der Waals surface area contributed by atoms with Crippen LogP contribution in [0.2, 0.25) is 0 Å². The zero-order chi connectivity index (χ0) is 23.6. The molecule has 0 saturated carbocycles. The van der Waals surface area contributed by atoms with Gasteiger partial charge < -0.3 is 10.2 Å². The molecule has 0 heterocycles. The highest BCUT2D eigenvalue weighted by Gasteiger charge is 2.29. The van der Waals surface area contributed by atoms with E-state index in [2.05, 4.69) is 52.4 Å². The van der Waals surface area contributed by atoms with E-state index in [4.69, 9.17) is 0 Å². The summed E-state index contributed by atoms with van der Waals surface area (Å²) in [6.07, 6.45) is 2.45. The second kappa shape index (κ2) is 12.4. The molecular weight excluding hydrogens is 476 g/mol. The number of carbonyl (C=O) groups excluding carboxylic acids is 2. The molecule has 2 amide bonds. The van der Waals surface area contributed by atoms with Crippen LogP contribution in [0.15, 0.2) is 83.3 Å². The molecule has 33 heavy (non-hydrogen) atoms.